The number of aryl methyl sites for hydroxylation is 3. The Labute approximate surface area is 171 Å². The second-order valence-corrected chi connectivity index (χ2v) is 7.61. The standard InChI is InChI=1S/C26H26N2O/c1-4-19-8-6-10-22-23(16-27-24(19)22)25(28-21-9-5-7-18(3)15-21)26(29)20-13-11-17(2)12-14-20/h5-16,25,27-28H,4H2,1-3H3. The zero-order chi connectivity index (χ0) is 20.4. The monoisotopic (exact) mass is 382 g/mol. The van der Waals surface area contributed by atoms with Crippen molar-refractivity contribution < 1.29 is 4.79 Å². The van der Waals surface area contributed by atoms with Crippen LogP contribution in [0.15, 0.2) is 72.9 Å². The summed E-state index contributed by atoms with van der Waals surface area (Å²) >= 11 is 0. The second-order valence-electron chi connectivity index (χ2n) is 7.61. The van der Waals surface area contributed by atoms with E-state index in [1.54, 1.807) is 0 Å². The van der Waals surface area contributed by atoms with Crippen molar-refractivity contribution in [1.82, 2.24) is 4.98 Å². The lowest BCUT2D eigenvalue weighted by atomic mass is 9.95. The van der Waals surface area contributed by atoms with E-state index < -0.39 is 6.04 Å². The highest BCUT2D eigenvalue weighted by molar-refractivity contribution is 6.05. The molecule has 1 atom stereocenters. The minimum atomic E-state index is -0.472. The molecule has 4 rings (SSSR count). The summed E-state index contributed by atoms with van der Waals surface area (Å²) < 4.78 is 0. The van der Waals surface area contributed by atoms with Crippen molar-refractivity contribution in [2.24, 2.45) is 0 Å². The van der Waals surface area contributed by atoms with Gasteiger partial charge in [-0.15, -0.1) is 0 Å². The number of aromatic amines is 1. The quantitative estimate of drug-likeness (QED) is 0.380. The molecular formula is C26H26N2O. The van der Waals surface area contributed by atoms with Gasteiger partial charge in [0.2, 0.25) is 0 Å². The van der Waals surface area contributed by atoms with Crippen molar-refractivity contribution in [2.45, 2.75) is 33.2 Å². The maximum absolute atomic E-state index is 13.6. The van der Waals surface area contributed by atoms with E-state index in [-0.39, 0.29) is 5.78 Å². The number of benzene rings is 3. The molecule has 146 valence electrons. The fraction of sp³-hybridized carbons (Fsp3) is 0.192. The number of H-pyrrole nitrogens is 1. The zero-order valence-corrected chi connectivity index (χ0v) is 17.1. The number of carbonyl (C=O) groups is 1. The average molecular weight is 383 g/mol. The number of Topliss-reactive ketones (excluding diaryl/α,β-unsaturated/α-hetero) is 1. The largest absolute Gasteiger partial charge is 0.371 e. The maximum Gasteiger partial charge on any atom is 0.189 e. The topological polar surface area (TPSA) is 44.9 Å². The van der Waals surface area contributed by atoms with Crippen LogP contribution in [0.3, 0.4) is 0 Å². The average Bonchev–Trinajstić information content (AvgIpc) is 3.16. The molecule has 0 aliphatic rings. The summed E-state index contributed by atoms with van der Waals surface area (Å²) in [6.07, 6.45) is 2.92. The SMILES string of the molecule is CCc1cccc2c(C(Nc3cccc(C)c3)C(=O)c3ccc(C)cc3)c[nH]c12. The molecule has 4 aromatic rings. The van der Waals surface area contributed by atoms with Crippen LogP contribution in [0, 0.1) is 13.8 Å². The van der Waals surface area contributed by atoms with Gasteiger partial charge in [0.15, 0.2) is 5.78 Å². The first kappa shape index (κ1) is 19.0. The molecule has 0 radical (unpaired) electrons. The number of para-hydroxylation sites is 1. The van der Waals surface area contributed by atoms with Gasteiger partial charge in [-0.2, -0.15) is 0 Å². The molecule has 0 fully saturated rings. The summed E-state index contributed by atoms with van der Waals surface area (Å²) in [6, 6.07) is 21.8. The lowest BCUT2D eigenvalue weighted by molar-refractivity contribution is 0.0970. The van der Waals surface area contributed by atoms with E-state index in [9.17, 15) is 4.79 Å². The molecule has 1 heterocycles. The summed E-state index contributed by atoms with van der Waals surface area (Å²) in [5, 5.41) is 4.59. The van der Waals surface area contributed by atoms with E-state index in [4.69, 9.17) is 0 Å². The Morgan fingerprint density at radius 2 is 1.72 bits per heavy atom. The molecule has 0 saturated carbocycles. The van der Waals surface area contributed by atoms with E-state index in [2.05, 4.69) is 54.5 Å². The van der Waals surface area contributed by atoms with E-state index in [1.165, 1.54) is 5.56 Å². The predicted molar refractivity (Wildman–Crippen MR) is 121 cm³/mol. The first-order valence-electron chi connectivity index (χ1n) is 10.1. The van der Waals surface area contributed by atoms with E-state index in [0.717, 1.165) is 39.7 Å². The van der Waals surface area contributed by atoms with Gasteiger partial charge >= 0.3 is 0 Å². The van der Waals surface area contributed by atoms with Crippen LogP contribution in [0.5, 0.6) is 0 Å². The summed E-state index contributed by atoms with van der Waals surface area (Å²) in [5.74, 6) is 0.0642. The van der Waals surface area contributed by atoms with Gasteiger partial charge in [-0.1, -0.05) is 67.1 Å². The first-order chi connectivity index (χ1) is 14.1. The lowest BCUT2D eigenvalue weighted by Crippen LogP contribution is -2.21. The van der Waals surface area contributed by atoms with Crippen molar-refractivity contribution in [3.8, 4) is 0 Å². The first-order valence-corrected chi connectivity index (χ1v) is 10.1. The summed E-state index contributed by atoms with van der Waals surface area (Å²) in [7, 11) is 0. The third kappa shape index (κ3) is 3.81. The van der Waals surface area contributed by atoms with Crippen molar-refractivity contribution in [1.29, 1.82) is 0 Å². The number of hydrogen-bond donors (Lipinski definition) is 2. The van der Waals surface area contributed by atoms with Crippen LogP contribution >= 0.6 is 0 Å². The van der Waals surface area contributed by atoms with Gasteiger partial charge in [-0.05, 0) is 43.5 Å². The fourth-order valence-electron chi connectivity index (χ4n) is 3.84. The van der Waals surface area contributed by atoms with Gasteiger partial charge in [-0.3, -0.25) is 4.79 Å². The van der Waals surface area contributed by atoms with Crippen molar-refractivity contribution in [3.05, 3.63) is 101 Å². The number of carbonyl (C=O) groups excluding carboxylic acids is 1. The maximum atomic E-state index is 13.6. The third-order valence-corrected chi connectivity index (χ3v) is 5.45. The van der Waals surface area contributed by atoms with Gasteiger partial charge < -0.3 is 10.3 Å². The molecule has 2 N–H and O–H groups in total. The van der Waals surface area contributed by atoms with Crippen LogP contribution in [0.25, 0.3) is 10.9 Å². The predicted octanol–water partition coefficient (Wildman–Crippen LogP) is 6.38. The number of rotatable bonds is 6. The van der Waals surface area contributed by atoms with Crippen LogP contribution < -0.4 is 5.32 Å². The summed E-state index contributed by atoms with van der Waals surface area (Å²) in [4.78, 5) is 17.0. The smallest absolute Gasteiger partial charge is 0.189 e. The highest BCUT2D eigenvalue weighted by Crippen LogP contribution is 2.31. The van der Waals surface area contributed by atoms with E-state index >= 15 is 0 Å². The molecular weight excluding hydrogens is 356 g/mol. The normalized spacial score (nSPS) is 12.1. The minimum Gasteiger partial charge on any atom is -0.371 e. The van der Waals surface area contributed by atoms with Crippen LogP contribution in [-0.2, 0) is 6.42 Å². The molecule has 3 aromatic carbocycles. The highest BCUT2D eigenvalue weighted by atomic mass is 16.1. The molecule has 0 saturated heterocycles. The number of fused-ring (bicyclic) bond motifs is 1. The number of anilines is 1. The Balaban J connectivity index is 1.82. The highest BCUT2D eigenvalue weighted by Gasteiger charge is 2.25. The zero-order valence-electron chi connectivity index (χ0n) is 17.1. The van der Waals surface area contributed by atoms with Crippen LogP contribution in [0.1, 0.15) is 45.6 Å². The lowest BCUT2D eigenvalue weighted by Gasteiger charge is -2.19. The molecule has 3 nitrogen and oxygen atoms in total. The van der Waals surface area contributed by atoms with Gasteiger partial charge in [0.05, 0.1) is 0 Å². The Morgan fingerprint density at radius 1 is 0.966 bits per heavy atom. The van der Waals surface area contributed by atoms with Gasteiger partial charge in [0.25, 0.3) is 0 Å². The number of nitrogens with one attached hydrogen (secondary N) is 2. The number of ketones is 1. The minimum absolute atomic E-state index is 0.0642. The second kappa shape index (κ2) is 7.96. The Hall–Kier alpha value is -3.33. The van der Waals surface area contributed by atoms with Crippen LogP contribution in [0.2, 0.25) is 0 Å². The molecule has 1 unspecified atom stereocenters. The van der Waals surface area contributed by atoms with Gasteiger partial charge in [0.1, 0.15) is 6.04 Å². The Kier molecular flexibility index (Phi) is 5.22. The number of hydrogen-bond acceptors (Lipinski definition) is 2. The summed E-state index contributed by atoms with van der Waals surface area (Å²) in [5.41, 5.74) is 7.29. The van der Waals surface area contributed by atoms with Gasteiger partial charge in [-0.25, -0.2) is 0 Å². The Bertz CT molecular complexity index is 1160. The molecule has 29 heavy (non-hydrogen) atoms. The Morgan fingerprint density at radius 3 is 2.45 bits per heavy atom. The molecule has 0 bridgehead atoms. The van der Waals surface area contributed by atoms with Gasteiger partial charge in [0, 0.05) is 33.9 Å². The third-order valence-electron chi connectivity index (χ3n) is 5.45. The van der Waals surface area contributed by atoms with E-state index in [0.29, 0.717) is 5.56 Å². The summed E-state index contributed by atoms with van der Waals surface area (Å²) in [6.45, 7) is 6.24. The molecule has 1 aromatic heterocycles. The molecule has 0 aliphatic carbocycles. The van der Waals surface area contributed by atoms with E-state index in [1.807, 2.05) is 49.5 Å². The molecule has 3 heteroatoms. The van der Waals surface area contributed by atoms with Crippen LogP contribution in [0.4, 0.5) is 5.69 Å². The molecule has 0 aliphatic heterocycles. The molecule has 0 amide bonds. The fourth-order valence-corrected chi connectivity index (χ4v) is 3.84. The van der Waals surface area contributed by atoms with Crippen molar-refractivity contribution >= 4 is 22.4 Å². The number of aromatic nitrogens is 1. The van der Waals surface area contributed by atoms with Crippen molar-refractivity contribution in [3.63, 3.8) is 0 Å². The van der Waals surface area contributed by atoms with Crippen LogP contribution in [-0.4, -0.2) is 10.8 Å². The molecule has 0 spiro atoms. The van der Waals surface area contributed by atoms with Crippen molar-refractivity contribution in [2.75, 3.05) is 5.32 Å².